The van der Waals surface area contributed by atoms with E-state index in [9.17, 15) is 0 Å². The minimum atomic E-state index is -0.341. The zero-order valence-electron chi connectivity index (χ0n) is 20.2. The summed E-state index contributed by atoms with van der Waals surface area (Å²) in [7, 11) is -0.341. The van der Waals surface area contributed by atoms with Gasteiger partial charge in [0.15, 0.2) is 0 Å². The van der Waals surface area contributed by atoms with Gasteiger partial charge >= 0.3 is 7.12 Å². The third kappa shape index (κ3) is 4.27. The van der Waals surface area contributed by atoms with E-state index in [0.29, 0.717) is 0 Å². The van der Waals surface area contributed by atoms with Crippen LogP contribution < -0.4 is 10.4 Å². The summed E-state index contributed by atoms with van der Waals surface area (Å²) in [6, 6.07) is 38.1. The summed E-state index contributed by atoms with van der Waals surface area (Å²) in [5.74, 6) is 0. The molecule has 4 aromatic rings. The van der Waals surface area contributed by atoms with Crippen LogP contribution >= 0.6 is 0 Å². The molecule has 3 nitrogen and oxygen atoms in total. The second-order valence-electron chi connectivity index (χ2n) is 9.76. The Labute approximate surface area is 203 Å². The first-order valence-electron chi connectivity index (χ1n) is 11.8. The van der Waals surface area contributed by atoms with Crippen LogP contribution in [0.15, 0.2) is 109 Å². The summed E-state index contributed by atoms with van der Waals surface area (Å²) >= 11 is 0. The van der Waals surface area contributed by atoms with Crippen molar-refractivity contribution in [3.05, 3.63) is 109 Å². The lowest BCUT2D eigenvalue weighted by Crippen LogP contribution is -2.41. The summed E-state index contributed by atoms with van der Waals surface area (Å²) in [5.41, 5.74) is 6.09. The van der Waals surface area contributed by atoms with Gasteiger partial charge in [-0.1, -0.05) is 72.8 Å². The highest BCUT2D eigenvalue weighted by atomic mass is 16.7. The molecular formula is C30H30BNO2. The number of nitrogens with zero attached hydrogens (tertiary/aromatic N) is 1. The van der Waals surface area contributed by atoms with E-state index in [2.05, 4.69) is 130 Å². The Morgan fingerprint density at radius 2 is 0.882 bits per heavy atom. The largest absolute Gasteiger partial charge is 0.494 e. The number of anilines is 3. The Balaban J connectivity index is 1.40. The third-order valence-corrected chi connectivity index (χ3v) is 6.92. The van der Waals surface area contributed by atoms with Crippen LogP contribution in [0.5, 0.6) is 0 Å². The highest BCUT2D eigenvalue weighted by Crippen LogP contribution is 2.37. The van der Waals surface area contributed by atoms with Crippen molar-refractivity contribution in [2.75, 3.05) is 4.90 Å². The normalized spacial score (nSPS) is 16.4. The maximum absolute atomic E-state index is 6.19. The quantitative estimate of drug-likeness (QED) is 0.304. The topological polar surface area (TPSA) is 21.7 Å². The Kier molecular flexibility index (Phi) is 5.80. The first-order valence-corrected chi connectivity index (χ1v) is 11.8. The van der Waals surface area contributed by atoms with Crippen LogP contribution in [0, 0.1) is 0 Å². The zero-order chi connectivity index (χ0) is 23.8. The van der Waals surface area contributed by atoms with E-state index in [1.54, 1.807) is 0 Å². The molecule has 0 aliphatic carbocycles. The maximum Gasteiger partial charge on any atom is 0.494 e. The summed E-state index contributed by atoms with van der Waals surface area (Å²) in [4.78, 5) is 2.27. The van der Waals surface area contributed by atoms with Crippen molar-refractivity contribution in [3.8, 4) is 11.1 Å². The molecule has 0 aromatic heterocycles. The number of hydrogen-bond acceptors (Lipinski definition) is 3. The van der Waals surface area contributed by atoms with Crippen molar-refractivity contribution in [3.63, 3.8) is 0 Å². The summed E-state index contributed by atoms with van der Waals surface area (Å²) < 4.78 is 12.4. The van der Waals surface area contributed by atoms with Gasteiger partial charge in [-0.15, -0.1) is 0 Å². The SMILES string of the molecule is CC1(C)OB(c2ccc(-c3ccc(N(c4ccccc4)c4ccccc4)cc3)cc2)OC1(C)C. The molecule has 0 unspecified atom stereocenters. The molecule has 0 atom stereocenters. The van der Waals surface area contributed by atoms with E-state index in [-0.39, 0.29) is 18.3 Å². The fraction of sp³-hybridized carbons (Fsp3) is 0.200. The van der Waals surface area contributed by atoms with E-state index < -0.39 is 0 Å². The van der Waals surface area contributed by atoms with Crippen molar-refractivity contribution in [1.82, 2.24) is 0 Å². The van der Waals surface area contributed by atoms with Crippen LogP contribution in [0.4, 0.5) is 17.1 Å². The Bertz CT molecular complexity index is 1180. The summed E-state index contributed by atoms with van der Waals surface area (Å²) in [6.45, 7) is 8.32. The molecule has 170 valence electrons. The molecule has 0 amide bonds. The first kappa shape index (κ1) is 22.5. The third-order valence-electron chi connectivity index (χ3n) is 6.92. The molecule has 1 aliphatic rings. The van der Waals surface area contributed by atoms with Crippen LogP contribution in [0.3, 0.4) is 0 Å². The molecule has 34 heavy (non-hydrogen) atoms. The molecule has 0 saturated carbocycles. The molecule has 4 aromatic carbocycles. The van der Waals surface area contributed by atoms with Gasteiger partial charge in [0, 0.05) is 17.1 Å². The van der Waals surface area contributed by atoms with Gasteiger partial charge in [0.25, 0.3) is 0 Å². The average molecular weight is 447 g/mol. The van der Waals surface area contributed by atoms with E-state index >= 15 is 0 Å². The van der Waals surface area contributed by atoms with Crippen molar-refractivity contribution in [2.45, 2.75) is 38.9 Å². The van der Waals surface area contributed by atoms with Crippen molar-refractivity contribution in [1.29, 1.82) is 0 Å². The van der Waals surface area contributed by atoms with E-state index in [0.717, 1.165) is 28.1 Å². The molecule has 0 bridgehead atoms. The zero-order valence-corrected chi connectivity index (χ0v) is 20.2. The number of hydrogen-bond donors (Lipinski definition) is 0. The van der Waals surface area contributed by atoms with Gasteiger partial charge in [0.2, 0.25) is 0 Å². The predicted octanol–water partition coefficient (Wildman–Crippen LogP) is 7.12. The van der Waals surface area contributed by atoms with Crippen LogP contribution in [0.25, 0.3) is 11.1 Å². The monoisotopic (exact) mass is 447 g/mol. The molecule has 1 heterocycles. The number of rotatable bonds is 5. The second-order valence-corrected chi connectivity index (χ2v) is 9.76. The van der Waals surface area contributed by atoms with Crippen LogP contribution in [0.2, 0.25) is 0 Å². The van der Waals surface area contributed by atoms with Gasteiger partial charge in [-0.25, -0.2) is 0 Å². The van der Waals surface area contributed by atoms with Crippen LogP contribution in [0.1, 0.15) is 27.7 Å². The Hall–Kier alpha value is -3.34. The fourth-order valence-electron chi connectivity index (χ4n) is 4.22. The number of para-hydroxylation sites is 2. The lowest BCUT2D eigenvalue weighted by Gasteiger charge is -2.32. The van der Waals surface area contributed by atoms with Gasteiger partial charge in [-0.3, -0.25) is 0 Å². The standard InChI is InChI=1S/C30H30BNO2/c1-29(2)30(3,4)34-31(33-29)25-19-15-23(16-20-25)24-17-21-28(22-18-24)32(26-11-7-5-8-12-26)27-13-9-6-10-14-27/h5-22H,1-4H3. The van der Waals surface area contributed by atoms with E-state index in [4.69, 9.17) is 9.31 Å². The minimum Gasteiger partial charge on any atom is -0.399 e. The molecule has 0 N–H and O–H groups in total. The van der Waals surface area contributed by atoms with Crippen LogP contribution in [-0.4, -0.2) is 18.3 Å². The molecule has 1 saturated heterocycles. The minimum absolute atomic E-state index is 0.338. The average Bonchev–Trinajstić information content (AvgIpc) is 3.08. The maximum atomic E-state index is 6.19. The lowest BCUT2D eigenvalue weighted by atomic mass is 9.78. The molecule has 1 fully saturated rings. The van der Waals surface area contributed by atoms with Gasteiger partial charge in [-0.05, 0) is 80.7 Å². The van der Waals surface area contributed by atoms with Gasteiger partial charge in [0.05, 0.1) is 11.2 Å². The van der Waals surface area contributed by atoms with Crippen molar-refractivity contribution in [2.24, 2.45) is 0 Å². The number of benzene rings is 4. The Morgan fingerprint density at radius 1 is 0.500 bits per heavy atom. The smallest absolute Gasteiger partial charge is 0.399 e. The molecule has 1 aliphatic heterocycles. The van der Waals surface area contributed by atoms with Gasteiger partial charge in [0.1, 0.15) is 0 Å². The van der Waals surface area contributed by atoms with Gasteiger partial charge in [-0.2, -0.15) is 0 Å². The summed E-state index contributed by atoms with van der Waals surface area (Å²) in [5, 5.41) is 0. The second kappa shape index (κ2) is 8.79. The van der Waals surface area contributed by atoms with Gasteiger partial charge < -0.3 is 14.2 Å². The van der Waals surface area contributed by atoms with E-state index in [1.807, 2.05) is 12.1 Å². The van der Waals surface area contributed by atoms with Crippen LogP contribution in [-0.2, 0) is 9.31 Å². The fourth-order valence-corrected chi connectivity index (χ4v) is 4.22. The highest BCUT2D eigenvalue weighted by molar-refractivity contribution is 6.62. The molecule has 5 rings (SSSR count). The van der Waals surface area contributed by atoms with Crippen molar-refractivity contribution >= 4 is 29.6 Å². The van der Waals surface area contributed by atoms with Crippen molar-refractivity contribution < 1.29 is 9.31 Å². The Morgan fingerprint density at radius 3 is 1.32 bits per heavy atom. The molecule has 0 radical (unpaired) electrons. The van der Waals surface area contributed by atoms with E-state index in [1.165, 1.54) is 5.56 Å². The molecule has 0 spiro atoms. The molecular weight excluding hydrogens is 417 g/mol. The lowest BCUT2D eigenvalue weighted by molar-refractivity contribution is 0.00578. The summed E-state index contributed by atoms with van der Waals surface area (Å²) in [6.07, 6.45) is 0. The molecule has 4 heteroatoms. The first-order chi connectivity index (χ1) is 16.3. The highest BCUT2D eigenvalue weighted by Gasteiger charge is 2.51. The predicted molar refractivity (Wildman–Crippen MR) is 142 cm³/mol.